The first-order valence-corrected chi connectivity index (χ1v) is 12.8. The molecule has 0 radical (unpaired) electrons. The molecule has 31 heavy (non-hydrogen) atoms. The summed E-state index contributed by atoms with van der Waals surface area (Å²) in [5.41, 5.74) is 0. The van der Waals surface area contributed by atoms with Crippen LogP contribution in [0.1, 0.15) is 110 Å². The zero-order valence-electron chi connectivity index (χ0n) is 20.5. The molecule has 2 amide bonds. The monoisotopic (exact) mass is 442 g/mol. The summed E-state index contributed by atoms with van der Waals surface area (Å²) in [6.45, 7) is 4.11. The topological polar surface area (TPSA) is 76.7 Å². The van der Waals surface area contributed by atoms with Crippen LogP contribution in [0.2, 0.25) is 0 Å². The summed E-state index contributed by atoms with van der Waals surface area (Å²) in [7, 11) is 1.57. The molecule has 0 aromatic heterocycles. The number of ether oxygens (including phenoxy) is 2. The van der Waals surface area contributed by atoms with Crippen LogP contribution >= 0.6 is 0 Å². The van der Waals surface area contributed by atoms with Crippen LogP contribution in [0.5, 0.6) is 0 Å². The van der Waals surface area contributed by atoms with Gasteiger partial charge in [0.25, 0.3) is 0 Å². The van der Waals surface area contributed by atoms with Crippen molar-refractivity contribution in [2.75, 3.05) is 40.0 Å². The Kier molecular flexibility index (Phi) is 24.2. The molecule has 0 atom stereocenters. The van der Waals surface area contributed by atoms with Gasteiger partial charge < -0.3 is 20.1 Å². The molecule has 0 saturated heterocycles. The Morgan fingerprint density at radius 1 is 0.613 bits per heavy atom. The second-order valence-corrected chi connectivity index (χ2v) is 8.39. The molecule has 0 aromatic rings. The van der Waals surface area contributed by atoms with Crippen molar-refractivity contribution in [2.45, 2.75) is 110 Å². The second-order valence-electron chi connectivity index (χ2n) is 8.39. The maximum absolute atomic E-state index is 11.8. The molecule has 184 valence electrons. The summed E-state index contributed by atoms with van der Waals surface area (Å²) >= 11 is 0. The Balaban J connectivity index is 3.17. The van der Waals surface area contributed by atoms with Crippen LogP contribution in [0.25, 0.3) is 0 Å². The average Bonchev–Trinajstić information content (AvgIpc) is 2.77. The van der Waals surface area contributed by atoms with Crippen LogP contribution in [0.4, 0.5) is 0 Å². The number of hydrogen-bond donors (Lipinski definition) is 2. The highest BCUT2D eigenvalue weighted by atomic mass is 16.5. The number of nitrogens with one attached hydrogen (secondary N) is 2. The normalized spacial score (nSPS) is 10.9. The summed E-state index contributed by atoms with van der Waals surface area (Å²) in [5.74, 6) is -0.0415. The van der Waals surface area contributed by atoms with Gasteiger partial charge in [0.15, 0.2) is 0 Å². The third kappa shape index (κ3) is 25.0. The molecule has 6 heteroatoms. The highest BCUT2D eigenvalue weighted by molar-refractivity contribution is 5.76. The lowest BCUT2D eigenvalue weighted by Crippen LogP contribution is -2.27. The van der Waals surface area contributed by atoms with E-state index in [-0.39, 0.29) is 18.4 Å². The first-order chi connectivity index (χ1) is 15.2. The number of unbranched alkanes of at least 4 members (excludes halogenated alkanes) is 14. The van der Waals surface area contributed by atoms with Crippen molar-refractivity contribution in [2.24, 2.45) is 0 Å². The highest BCUT2D eigenvalue weighted by Crippen LogP contribution is 2.13. The molecular formula is C25H50N2O4. The van der Waals surface area contributed by atoms with Gasteiger partial charge in [0.05, 0.1) is 19.8 Å². The number of carbonyl (C=O) groups is 2. The predicted octanol–water partition coefficient (Wildman–Crippen LogP) is 5.14. The quantitative estimate of drug-likeness (QED) is 0.203. The Labute approximate surface area is 191 Å². The van der Waals surface area contributed by atoms with E-state index >= 15 is 0 Å². The van der Waals surface area contributed by atoms with E-state index < -0.39 is 0 Å². The van der Waals surface area contributed by atoms with E-state index in [1.807, 2.05) is 0 Å². The molecule has 0 bridgehead atoms. The van der Waals surface area contributed by atoms with Gasteiger partial charge in [-0.15, -0.1) is 0 Å². The van der Waals surface area contributed by atoms with Crippen molar-refractivity contribution in [1.29, 1.82) is 0 Å². The van der Waals surface area contributed by atoms with Crippen molar-refractivity contribution in [3.63, 3.8) is 0 Å². The van der Waals surface area contributed by atoms with Crippen LogP contribution < -0.4 is 10.6 Å². The van der Waals surface area contributed by atoms with Crippen molar-refractivity contribution in [3.05, 3.63) is 0 Å². The summed E-state index contributed by atoms with van der Waals surface area (Å²) in [4.78, 5) is 22.7. The Morgan fingerprint density at radius 3 is 1.61 bits per heavy atom. The molecule has 2 N–H and O–H groups in total. The van der Waals surface area contributed by atoms with Gasteiger partial charge in [-0.3, -0.25) is 9.59 Å². The second kappa shape index (κ2) is 25.1. The molecule has 0 aromatic carbocycles. The van der Waals surface area contributed by atoms with Crippen LogP contribution in [0.3, 0.4) is 0 Å². The summed E-state index contributed by atoms with van der Waals surface area (Å²) < 4.78 is 10.5. The van der Waals surface area contributed by atoms with E-state index in [4.69, 9.17) is 9.47 Å². The fourth-order valence-corrected chi connectivity index (χ4v) is 3.46. The first-order valence-electron chi connectivity index (χ1n) is 12.8. The van der Waals surface area contributed by atoms with E-state index in [0.717, 1.165) is 12.8 Å². The van der Waals surface area contributed by atoms with E-state index in [1.165, 1.54) is 83.5 Å². The largest absolute Gasteiger partial charge is 0.377 e. The molecule has 0 unspecified atom stereocenters. The highest BCUT2D eigenvalue weighted by Gasteiger charge is 2.01. The summed E-state index contributed by atoms with van der Waals surface area (Å²) in [6, 6.07) is 0. The minimum atomic E-state index is -0.147. The van der Waals surface area contributed by atoms with E-state index in [1.54, 1.807) is 7.05 Å². The van der Waals surface area contributed by atoms with Gasteiger partial charge in [0, 0.05) is 20.0 Å². The molecule has 0 fully saturated rings. The molecule has 0 spiro atoms. The molecule has 0 aliphatic carbocycles. The summed E-state index contributed by atoms with van der Waals surface area (Å²) in [6.07, 6.45) is 20.6. The fourth-order valence-electron chi connectivity index (χ4n) is 3.46. The van der Waals surface area contributed by atoms with Crippen LogP contribution in [-0.4, -0.2) is 51.8 Å². The Morgan fingerprint density at radius 2 is 1.10 bits per heavy atom. The first kappa shape index (κ1) is 29.9. The Hall–Kier alpha value is -1.14. The maximum Gasteiger partial charge on any atom is 0.245 e. The average molecular weight is 443 g/mol. The molecule has 6 nitrogen and oxygen atoms in total. The standard InChI is InChI=1S/C25H50N2O4/c1-3-4-5-6-7-8-9-10-11-12-13-14-15-16-17-18-24(28)27-19-20-30-21-22-31-23-25(29)26-2/h3-23H2,1-2H3,(H,26,29)(H,27,28). The number of amides is 2. The van der Waals surface area contributed by atoms with Crippen molar-refractivity contribution >= 4 is 11.8 Å². The lowest BCUT2D eigenvalue weighted by atomic mass is 10.0. The van der Waals surface area contributed by atoms with Crippen molar-refractivity contribution < 1.29 is 19.1 Å². The predicted molar refractivity (Wildman–Crippen MR) is 128 cm³/mol. The molecule has 0 saturated carbocycles. The number of likely N-dealkylation sites (N-methyl/N-ethyl adjacent to an activating group) is 1. The minimum Gasteiger partial charge on any atom is -0.377 e. The number of hydrogen-bond acceptors (Lipinski definition) is 4. The fraction of sp³-hybridized carbons (Fsp3) is 0.920. The smallest absolute Gasteiger partial charge is 0.245 e. The van der Waals surface area contributed by atoms with E-state index in [0.29, 0.717) is 32.8 Å². The van der Waals surface area contributed by atoms with Crippen LogP contribution in [0.15, 0.2) is 0 Å². The van der Waals surface area contributed by atoms with Crippen molar-refractivity contribution in [3.8, 4) is 0 Å². The van der Waals surface area contributed by atoms with Gasteiger partial charge in [-0.2, -0.15) is 0 Å². The van der Waals surface area contributed by atoms with Gasteiger partial charge in [0.1, 0.15) is 6.61 Å². The lowest BCUT2D eigenvalue weighted by Gasteiger charge is -2.07. The SMILES string of the molecule is CCCCCCCCCCCCCCCCCC(=O)NCCOCCOCC(=O)NC. The Bertz CT molecular complexity index is 405. The molecule has 0 aliphatic heterocycles. The van der Waals surface area contributed by atoms with E-state index in [9.17, 15) is 9.59 Å². The van der Waals surface area contributed by atoms with Gasteiger partial charge in [0.2, 0.25) is 11.8 Å². The maximum atomic E-state index is 11.8. The van der Waals surface area contributed by atoms with Gasteiger partial charge in [-0.1, -0.05) is 96.8 Å². The third-order valence-electron chi connectivity index (χ3n) is 5.46. The molecule has 0 heterocycles. The van der Waals surface area contributed by atoms with Gasteiger partial charge >= 0.3 is 0 Å². The lowest BCUT2D eigenvalue weighted by molar-refractivity contribution is -0.126. The number of rotatable bonds is 24. The van der Waals surface area contributed by atoms with Gasteiger partial charge in [-0.25, -0.2) is 0 Å². The minimum absolute atomic E-state index is 0.0514. The summed E-state index contributed by atoms with van der Waals surface area (Å²) in [5, 5.41) is 5.37. The van der Waals surface area contributed by atoms with Gasteiger partial charge in [-0.05, 0) is 6.42 Å². The van der Waals surface area contributed by atoms with Crippen molar-refractivity contribution in [1.82, 2.24) is 10.6 Å². The molecule has 0 aliphatic rings. The zero-order valence-corrected chi connectivity index (χ0v) is 20.5. The molecular weight excluding hydrogens is 392 g/mol. The third-order valence-corrected chi connectivity index (χ3v) is 5.46. The van der Waals surface area contributed by atoms with Crippen LogP contribution in [-0.2, 0) is 19.1 Å². The van der Waals surface area contributed by atoms with E-state index in [2.05, 4.69) is 17.6 Å². The molecule has 0 rings (SSSR count). The number of carbonyl (C=O) groups excluding carboxylic acids is 2. The zero-order chi connectivity index (χ0) is 22.8. The van der Waals surface area contributed by atoms with Crippen LogP contribution in [0, 0.1) is 0 Å².